The lowest BCUT2D eigenvalue weighted by Gasteiger charge is -2.34. The third-order valence-electron chi connectivity index (χ3n) is 5.96. The summed E-state index contributed by atoms with van der Waals surface area (Å²) in [5.74, 6) is -0.921. The van der Waals surface area contributed by atoms with Gasteiger partial charge in [0.15, 0.2) is 0 Å². The lowest BCUT2D eigenvalue weighted by Crippen LogP contribution is -2.53. The first kappa shape index (κ1) is 30.2. The summed E-state index contributed by atoms with van der Waals surface area (Å²) in [5, 5.41) is 3.96. The van der Waals surface area contributed by atoms with Crippen molar-refractivity contribution in [3.63, 3.8) is 0 Å². The van der Waals surface area contributed by atoms with Crippen molar-refractivity contribution >= 4 is 62.3 Å². The second kappa shape index (κ2) is 13.0. The van der Waals surface area contributed by atoms with E-state index in [0.717, 1.165) is 10.6 Å². The zero-order valence-corrected chi connectivity index (χ0v) is 24.1. The normalized spacial score (nSPS) is 13.1. The maximum Gasteiger partial charge on any atom is 0.244 e. The van der Waals surface area contributed by atoms with Gasteiger partial charge in [0.25, 0.3) is 0 Å². The fraction of sp³-hybridized carbons (Fsp3) is 0.440. The van der Waals surface area contributed by atoms with Crippen molar-refractivity contribution in [2.75, 3.05) is 17.1 Å². The van der Waals surface area contributed by atoms with Gasteiger partial charge in [0.1, 0.15) is 12.6 Å². The molecule has 2 atom stereocenters. The monoisotopic (exact) mass is 575 g/mol. The van der Waals surface area contributed by atoms with Gasteiger partial charge in [-0.05, 0) is 56.5 Å². The highest BCUT2D eigenvalue weighted by atomic mass is 35.5. The van der Waals surface area contributed by atoms with E-state index in [0.29, 0.717) is 39.0 Å². The molecule has 2 aromatic carbocycles. The predicted octanol–water partition coefficient (Wildman–Crippen LogP) is 5.44. The Morgan fingerprint density at radius 1 is 0.972 bits per heavy atom. The van der Waals surface area contributed by atoms with Crippen LogP contribution in [0.1, 0.15) is 44.7 Å². The molecule has 2 rings (SSSR count). The Bertz CT molecular complexity index is 1190. The molecule has 198 valence electrons. The molecule has 0 heterocycles. The van der Waals surface area contributed by atoms with Crippen LogP contribution < -0.4 is 9.62 Å². The van der Waals surface area contributed by atoms with Gasteiger partial charge in [-0.1, -0.05) is 60.8 Å². The predicted molar refractivity (Wildman–Crippen MR) is 147 cm³/mol. The van der Waals surface area contributed by atoms with Crippen LogP contribution in [-0.4, -0.2) is 50.0 Å². The van der Waals surface area contributed by atoms with Gasteiger partial charge in [-0.2, -0.15) is 0 Å². The zero-order chi connectivity index (χ0) is 27.2. The molecule has 1 N–H and O–H groups in total. The van der Waals surface area contributed by atoms with Crippen LogP contribution >= 0.6 is 34.8 Å². The van der Waals surface area contributed by atoms with Crippen LogP contribution in [-0.2, 0) is 26.2 Å². The summed E-state index contributed by atoms with van der Waals surface area (Å²) < 4.78 is 26.5. The number of hydrogen-bond acceptors (Lipinski definition) is 4. The number of benzene rings is 2. The number of amides is 2. The molecule has 0 saturated heterocycles. The summed E-state index contributed by atoms with van der Waals surface area (Å²) >= 11 is 19.0. The quantitative estimate of drug-likeness (QED) is 0.386. The first-order chi connectivity index (χ1) is 16.8. The van der Waals surface area contributed by atoms with Crippen molar-refractivity contribution in [3.05, 3.63) is 62.6 Å². The van der Waals surface area contributed by atoms with Crippen molar-refractivity contribution in [1.82, 2.24) is 10.2 Å². The van der Waals surface area contributed by atoms with Crippen LogP contribution in [0.2, 0.25) is 15.1 Å². The van der Waals surface area contributed by atoms with E-state index in [1.807, 2.05) is 13.8 Å². The Kier molecular flexibility index (Phi) is 10.9. The third kappa shape index (κ3) is 7.51. The Hall–Kier alpha value is -2.00. The van der Waals surface area contributed by atoms with Crippen LogP contribution in [0.4, 0.5) is 5.69 Å². The average molecular weight is 577 g/mol. The van der Waals surface area contributed by atoms with E-state index in [4.69, 9.17) is 34.8 Å². The fourth-order valence-corrected chi connectivity index (χ4v) is 5.26. The molecule has 7 nitrogen and oxygen atoms in total. The number of hydrogen-bond donors (Lipinski definition) is 1. The first-order valence-electron chi connectivity index (χ1n) is 11.6. The van der Waals surface area contributed by atoms with Gasteiger partial charge in [0.2, 0.25) is 21.8 Å². The molecule has 0 saturated carbocycles. The molecule has 0 bridgehead atoms. The van der Waals surface area contributed by atoms with Crippen LogP contribution in [0.15, 0.2) is 36.4 Å². The third-order valence-corrected chi connectivity index (χ3v) is 8.21. The van der Waals surface area contributed by atoms with E-state index >= 15 is 0 Å². The maximum atomic E-state index is 13.8. The van der Waals surface area contributed by atoms with E-state index in [1.165, 1.54) is 4.90 Å². The van der Waals surface area contributed by atoms with Crippen LogP contribution in [0.5, 0.6) is 0 Å². The summed E-state index contributed by atoms with van der Waals surface area (Å²) in [4.78, 5) is 28.3. The summed E-state index contributed by atoms with van der Waals surface area (Å²) in [6.45, 7) is 6.66. The van der Waals surface area contributed by atoms with Crippen LogP contribution in [0.25, 0.3) is 0 Å². The Labute approximate surface area is 228 Å². The molecule has 0 fully saturated rings. The Morgan fingerprint density at radius 3 is 2.06 bits per heavy atom. The molecule has 0 aliphatic heterocycles. The molecular weight excluding hydrogens is 545 g/mol. The van der Waals surface area contributed by atoms with Gasteiger partial charge < -0.3 is 10.2 Å². The summed E-state index contributed by atoms with van der Waals surface area (Å²) in [5.41, 5.74) is 1.26. The molecule has 11 heteroatoms. The number of nitrogens with zero attached hydrogens (tertiary/aromatic N) is 2. The molecule has 0 unspecified atom stereocenters. The average Bonchev–Trinajstić information content (AvgIpc) is 2.80. The number of rotatable bonds is 11. The topological polar surface area (TPSA) is 86.8 Å². The van der Waals surface area contributed by atoms with Gasteiger partial charge in [0.05, 0.1) is 11.9 Å². The van der Waals surface area contributed by atoms with E-state index in [9.17, 15) is 18.0 Å². The standard InChI is InChI=1S/C25H32Cl3N3O4S/c1-6-16(3)29-25(33)22(7-2)30(14-18-20(27)11-8-12-21(18)28)24(32)15-31(36(5,34)35)23-13-9-10-19(26)17(23)4/h8-13,16,22H,6-7,14-15H2,1-5H3,(H,29,33)/t16-,22+/m0/s1. The highest BCUT2D eigenvalue weighted by molar-refractivity contribution is 7.92. The van der Waals surface area contributed by atoms with Gasteiger partial charge in [-0.25, -0.2) is 8.42 Å². The van der Waals surface area contributed by atoms with Crippen molar-refractivity contribution in [1.29, 1.82) is 0 Å². The summed E-state index contributed by atoms with van der Waals surface area (Å²) in [6, 6.07) is 8.82. The molecular formula is C25H32Cl3N3O4S. The van der Waals surface area contributed by atoms with Gasteiger partial charge >= 0.3 is 0 Å². The Morgan fingerprint density at radius 2 is 1.53 bits per heavy atom. The lowest BCUT2D eigenvalue weighted by molar-refractivity contribution is -0.140. The van der Waals surface area contributed by atoms with Crippen molar-refractivity contribution < 1.29 is 18.0 Å². The highest BCUT2D eigenvalue weighted by Gasteiger charge is 2.33. The van der Waals surface area contributed by atoms with E-state index in [1.54, 1.807) is 50.2 Å². The molecule has 2 amide bonds. The minimum absolute atomic E-state index is 0.0735. The minimum atomic E-state index is -3.88. The first-order valence-corrected chi connectivity index (χ1v) is 14.5. The minimum Gasteiger partial charge on any atom is -0.352 e. The van der Waals surface area contributed by atoms with E-state index in [2.05, 4.69) is 5.32 Å². The number of sulfonamides is 1. The van der Waals surface area contributed by atoms with Gasteiger partial charge in [-0.3, -0.25) is 13.9 Å². The van der Waals surface area contributed by atoms with Crippen molar-refractivity contribution in [2.45, 2.75) is 59.2 Å². The molecule has 36 heavy (non-hydrogen) atoms. The Balaban J connectivity index is 2.55. The van der Waals surface area contributed by atoms with E-state index < -0.39 is 28.5 Å². The molecule has 0 aliphatic rings. The molecule has 0 aliphatic carbocycles. The number of nitrogens with one attached hydrogen (secondary N) is 1. The lowest BCUT2D eigenvalue weighted by atomic mass is 10.1. The van der Waals surface area contributed by atoms with Crippen molar-refractivity contribution in [3.8, 4) is 0 Å². The maximum absolute atomic E-state index is 13.8. The largest absolute Gasteiger partial charge is 0.352 e. The van der Waals surface area contributed by atoms with E-state index in [-0.39, 0.29) is 24.2 Å². The number of anilines is 1. The molecule has 0 aromatic heterocycles. The zero-order valence-electron chi connectivity index (χ0n) is 21.0. The molecule has 2 aromatic rings. The molecule has 0 spiro atoms. The van der Waals surface area contributed by atoms with Gasteiger partial charge in [-0.15, -0.1) is 0 Å². The summed E-state index contributed by atoms with van der Waals surface area (Å²) in [7, 11) is -3.88. The fourth-order valence-electron chi connectivity index (χ4n) is 3.68. The number of carbonyl (C=O) groups excluding carboxylic acids is 2. The smallest absolute Gasteiger partial charge is 0.244 e. The highest BCUT2D eigenvalue weighted by Crippen LogP contribution is 2.30. The number of carbonyl (C=O) groups is 2. The summed E-state index contributed by atoms with van der Waals surface area (Å²) in [6.07, 6.45) is 2.02. The van der Waals surface area contributed by atoms with Crippen LogP contribution in [0.3, 0.4) is 0 Å². The second-order valence-corrected chi connectivity index (χ2v) is 11.7. The number of halogens is 3. The van der Waals surface area contributed by atoms with Crippen LogP contribution in [0, 0.1) is 6.92 Å². The van der Waals surface area contributed by atoms with Crippen molar-refractivity contribution in [2.24, 2.45) is 0 Å². The second-order valence-electron chi connectivity index (χ2n) is 8.62. The van der Waals surface area contributed by atoms with Gasteiger partial charge in [0, 0.05) is 33.2 Å². The molecule has 0 radical (unpaired) electrons. The SMILES string of the molecule is CC[C@H](C(=O)N[C@@H](C)CC)N(Cc1c(Cl)cccc1Cl)C(=O)CN(c1cccc(Cl)c1C)S(C)(=O)=O.